The van der Waals surface area contributed by atoms with Crippen LogP contribution in [-0.2, 0) is 6.54 Å². The van der Waals surface area contributed by atoms with Gasteiger partial charge in [-0.25, -0.2) is 0 Å². The van der Waals surface area contributed by atoms with Gasteiger partial charge in [0.25, 0.3) is 0 Å². The number of methoxy groups -OCH3 is 1. The van der Waals surface area contributed by atoms with Gasteiger partial charge in [0.15, 0.2) is 16.7 Å². The van der Waals surface area contributed by atoms with E-state index in [2.05, 4.69) is 16.8 Å². The van der Waals surface area contributed by atoms with Crippen LogP contribution in [0.15, 0.2) is 36.9 Å². The smallest absolute Gasteiger partial charge is 0.195 e. The number of aromatic nitrogens is 3. The molecule has 0 radical (unpaired) electrons. The molecule has 0 saturated carbocycles. The van der Waals surface area contributed by atoms with E-state index in [1.807, 2.05) is 35.8 Å². The molecule has 1 N–H and O–H groups in total. The van der Waals surface area contributed by atoms with Gasteiger partial charge in [-0.2, -0.15) is 5.10 Å². The lowest BCUT2D eigenvalue weighted by atomic mass is 10.3. The molecule has 0 aliphatic rings. The lowest BCUT2D eigenvalue weighted by Crippen LogP contribution is -2.11. The third-order valence-corrected chi connectivity index (χ3v) is 3.13. The van der Waals surface area contributed by atoms with Gasteiger partial charge in [0.1, 0.15) is 11.5 Å². The summed E-state index contributed by atoms with van der Waals surface area (Å²) in [6.45, 7) is 6.23. The largest absolute Gasteiger partial charge is 0.497 e. The Balaban J connectivity index is 2.21. The van der Waals surface area contributed by atoms with Crippen LogP contribution in [0.3, 0.4) is 0 Å². The van der Waals surface area contributed by atoms with E-state index in [9.17, 15) is 0 Å². The predicted molar refractivity (Wildman–Crippen MR) is 79.6 cm³/mol. The van der Waals surface area contributed by atoms with Crippen molar-refractivity contribution in [2.45, 2.75) is 19.6 Å². The number of allylic oxidation sites excluding steroid dienone is 1. The summed E-state index contributed by atoms with van der Waals surface area (Å²) in [7, 11) is 1.62. The first-order chi connectivity index (χ1) is 9.65. The van der Waals surface area contributed by atoms with Crippen molar-refractivity contribution in [1.29, 1.82) is 0 Å². The minimum absolute atomic E-state index is 0.241. The molecule has 0 saturated heterocycles. The maximum Gasteiger partial charge on any atom is 0.195 e. The second-order valence-electron chi connectivity index (χ2n) is 4.23. The van der Waals surface area contributed by atoms with Crippen LogP contribution >= 0.6 is 12.2 Å². The minimum Gasteiger partial charge on any atom is -0.497 e. The average molecular weight is 291 g/mol. The zero-order valence-electron chi connectivity index (χ0n) is 11.5. The topological polar surface area (TPSA) is 52.1 Å². The van der Waals surface area contributed by atoms with Crippen LogP contribution in [0, 0.1) is 4.77 Å². The first kappa shape index (κ1) is 14.3. The summed E-state index contributed by atoms with van der Waals surface area (Å²) in [5.74, 6) is 2.20. The Kier molecular flexibility index (Phi) is 4.57. The Morgan fingerprint density at radius 1 is 1.50 bits per heavy atom. The summed E-state index contributed by atoms with van der Waals surface area (Å²) >= 11 is 5.18. The maximum atomic E-state index is 5.88. The predicted octanol–water partition coefficient (Wildman–Crippen LogP) is 3.28. The molecule has 6 heteroatoms. The van der Waals surface area contributed by atoms with E-state index in [0.717, 1.165) is 17.3 Å². The number of nitrogens with one attached hydrogen (secondary N) is 1. The lowest BCUT2D eigenvalue weighted by molar-refractivity contribution is 0.210. The van der Waals surface area contributed by atoms with Gasteiger partial charge >= 0.3 is 0 Å². The third-order valence-electron chi connectivity index (χ3n) is 2.82. The van der Waals surface area contributed by atoms with Crippen LogP contribution in [0.5, 0.6) is 11.5 Å². The van der Waals surface area contributed by atoms with E-state index < -0.39 is 0 Å². The van der Waals surface area contributed by atoms with E-state index >= 15 is 0 Å². The van der Waals surface area contributed by atoms with Crippen LogP contribution in [0.1, 0.15) is 18.9 Å². The molecule has 0 bridgehead atoms. The molecule has 2 rings (SSSR count). The molecule has 0 unspecified atom stereocenters. The minimum atomic E-state index is -0.241. The fourth-order valence-electron chi connectivity index (χ4n) is 1.88. The van der Waals surface area contributed by atoms with Crippen molar-refractivity contribution >= 4 is 12.2 Å². The number of H-pyrrole nitrogens is 1. The molecule has 2 aromatic rings. The Morgan fingerprint density at radius 3 is 2.95 bits per heavy atom. The van der Waals surface area contributed by atoms with Crippen molar-refractivity contribution in [2.75, 3.05) is 7.11 Å². The van der Waals surface area contributed by atoms with Crippen LogP contribution in [-0.4, -0.2) is 21.9 Å². The van der Waals surface area contributed by atoms with Crippen molar-refractivity contribution in [2.24, 2.45) is 0 Å². The van der Waals surface area contributed by atoms with Gasteiger partial charge in [0.05, 0.1) is 7.11 Å². The van der Waals surface area contributed by atoms with Gasteiger partial charge in [-0.15, -0.1) is 6.58 Å². The molecule has 0 spiro atoms. The Morgan fingerprint density at radius 2 is 2.25 bits per heavy atom. The van der Waals surface area contributed by atoms with Crippen molar-refractivity contribution < 1.29 is 9.47 Å². The Bertz CT molecular complexity index is 648. The number of rotatable bonds is 6. The molecule has 0 amide bonds. The zero-order valence-corrected chi connectivity index (χ0v) is 12.3. The highest BCUT2D eigenvalue weighted by Crippen LogP contribution is 2.24. The molecule has 5 nitrogen and oxygen atoms in total. The highest BCUT2D eigenvalue weighted by atomic mass is 32.1. The van der Waals surface area contributed by atoms with E-state index in [4.69, 9.17) is 21.7 Å². The van der Waals surface area contributed by atoms with Crippen LogP contribution in [0.2, 0.25) is 0 Å². The van der Waals surface area contributed by atoms with E-state index in [0.29, 0.717) is 11.3 Å². The van der Waals surface area contributed by atoms with Crippen LogP contribution in [0.4, 0.5) is 0 Å². The maximum absolute atomic E-state index is 5.88. The second kappa shape index (κ2) is 6.38. The molecule has 0 aliphatic carbocycles. The summed E-state index contributed by atoms with van der Waals surface area (Å²) in [6.07, 6.45) is 1.53. The number of benzene rings is 1. The van der Waals surface area contributed by atoms with Crippen LogP contribution < -0.4 is 9.47 Å². The zero-order chi connectivity index (χ0) is 14.5. The fourth-order valence-corrected chi connectivity index (χ4v) is 2.09. The third kappa shape index (κ3) is 3.08. The fraction of sp³-hybridized carbons (Fsp3) is 0.286. The van der Waals surface area contributed by atoms with Gasteiger partial charge < -0.3 is 9.47 Å². The molecule has 106 valence electrons. The second-order valence-corrected chi connectivity index (χ2v) is 4.61. The summed E-state index contributed by atoms with van der Waals surface area (Å²) in [5, 5.41) is 6.99. The van der Waals surface area contributed by atoms with Gasteiger partial charge in [-0.1, -0.05) is 12.1 Å². The molecular weight excluding hydrogens is 274 g/mol. The molecule has 1 heterocycles. The Hall–Kier alpha value is -2.08. The van der Waals surface area contributed by atoms with Gasteiger partial charge in [0, 0.05) is 12.6 Å². The molecule has 1 atom stereocenters. The lowest BCUT2D eigenvalue weighted by Gasteiger charge is -2.15. The summed E-state index contributed by atoms with van der Waals surface area (Å²) in [4.78, 5) is 0. The molecule has 20 heavy (non-hydrogen) atoms. The van der Waals surface area contributed by atoms with Gasteiger partial charge in [0.2, 0.25) is 0 Å². The first-order valence-corrected chi connectivity index (χ1v) is 6.63. The van der Waals surface area contributed by atoms with Crippen molar-refractivity contribution in [3.05, 3.63) is 47.5 Å². The summed E-state index contributed by atoms with van der Waals surface area (Å²) < 4.78 is 13.5. The summed E-state index contributed by atoms with van der Waals surface area (Å²) in [6, 6.07) is 7.45. The molecule has 1 aromatic heterocycles. The quantitative estimate of drug-likeness (QED) is 0.655. The van der Waals surface area contributed by atoms with Crippen molar-refractivity contribution in [3.63, 3.8) is 0 Å². The van der Waals surface area contributed by atoms with Gasteiger partial charge in [-0.3, -0.25) is 9.67 Å². The highest BCUT2D eigenvalue weighted by molar-refractivity contribution is 7.71. The molecular formula is C14H17N3O2S. The van der Waals surface area contributed by atoms with E-state index in [1.165, 1.54) is 0 Å². The van der Waals surface area contributed by atoms with E-state index in [1.54, 1.807) is 13.2 Å². The van der Waals surface area contributed by atoms with Gasteiger partial charge in [-0.05, 0) is 31.3 Å². The summed E-state index contributed by atoms with van der Waals surface area (Å²) in [5.41, 5.74) is 0. The Labute approximate surface area is 122 Å². The molecule has 0 aliphatic heterocycles. The van der Waals surface area contributed by atoms with Crippen LogP contribution in [0.25, 0.3) is 0 Å². The standard InChI is InChI=1S/C14H17N3O2S/c1-4-8-17-13(15-16-14(17)20)10(2)19-12-7-5-6-11(9-12)18-3/h4-7,9-10H,1,8H2,2-3H3,(H,16,20)/t10-/m0/s1. The normalized spacial score (nSPS) is 11.9. The van der Waals surface area contributed by atoms with Crippen molar-refractivity contribution in [1.82, 2.24) is 14.8 Å². The van der Waals surface area contributed by atoms with Crippen molar-refractivity contribution in [3.8, 4) is 11.5 Å². The van der Waals surface area contributed by atoms with E-state index in [-0.39, 0.29) is 6.10 Å². The number of nitrogens with zero attached hydrogens (tertiary/aromatic N) is 2. The average Bonchev–Trinajstić information content (AvgIpc) is 2.81. The number of aromatic amines is 1. The SMILES string of the molecule is C=CCn1c([C@H](C)Oc2cccc(OC)c2)n[nH]c1=S. The first-order valence-electron chi connectivity index (χ1n) is 6.22. The number of hydrogen-bond acceptors (Lipinski definition) is 4. The molecule has 0 fully saturated rings. The monoisotopic (exact) mass is 291 g/mol. The number of hydrogen-bond donors (Lipinski definition) is 1. The molecule has 1 aromatic carbocycles. The highest BCUT2D eigenvalue weighted by Gasteiger charge is 2.15. The number of ether oxygens (including phenoxy) is 2.